The molecule has 0 saturated carbocycles. The molecule has 1 amide bonds. The highest BCUT2D eigenvalue weighted by atomic mass is 16.5. The van der Waals surface area contributed by atoms with Gasteiger partial charge in [0.2, 0.25) is 0 Å². The number of aliphatic carboxylic acids is 1. The lowest BCUT2D eigenvalue weighted by Crippen LogP contribution is -2.46. The van der Waals surface area contributed by atoms with Crippen molar-refractivity contribution in [2.24, 2.45) is 0 Å². The Morgan fingerprint density at radius 1 is 1.32 bits per heavy atom. The van der Waals surface area contributed by atoms with Gasteiger partial charge in [0, 0.05) is 13.1 Å². The van der Waals surface area contributed by atoms with Crippen LogP contribution in [0, 0.1) is 0 Å². The zero-order valence-corrected chi connectivity index (χ0v) is 12.6. The number of hydrogen-bond donors (Lipinski definition) is 1. The minimum absolute atomic E-state index is 0.132. The summed E-state index contributed by atoms with van der Waals surface area (Å²) >= 11 is 0. The first-order chi connectivity index (χ1) is 10.6. The molecule has 120 valence electrons. The summed E-state index contributed by atoms with van der Waals surface area (Å²) in [7, 11) is 2.97. The number of ether oxygens (including phenoxy) is 3. The van der Waals surface area contributed by atoms with Gasteiger partial charge in [-0.25, -0.2) is 0 Å². The Labute approximate surface area is 128 Å². The van der Waals surface area contributed by atoms with Gasteiger partial charge >= 0.3 is 5.97 Å². The highest BCUT2D eigenvalue weighted by Crippen LogP contribution is 2.30. The third kappa shape index (κ3) is 3.48. The second-order valence-corrected chi connectivity index (χ2v) is 4.88. The van der Waals surface area contributed by atoms with Crippen molar-refractivity contribution in [1.29, 1.82) is 0 Å². The van der Waals surface area contributed by atoms with Gasteiger partial charge in [-0.15, -0.1) is 0 Å². The lowest BCUT2D eigenvalue weighted by Gasteiger charge is -2.32. The molecule has 1 fully saturated rings. The maximum atomic E-state index is 12.8. The van der Waals surface area contributed by atoms with E-state index < -0.39 is 12.1 Å². The van der Waals surface area contributed by atoms with Crippen molar-refractivity contribution in [2.75, 3.05) is 33.9 Å². The van der Waals surface area contributed by atoms with Crippen molar-refractivity contribution >= 4 is 11.9 Å². The SMILES string of the molecule is COc1cccc(OC)c1C(=O)N1CCOC(CC(=O)O)C1. The van der Waals surface area contributed by atoms with Crippen LogP contribution in [0.4, 0.5) is 0 Å². The number of carboxylic acid groups (broad SMARTS) is 1. The molecule has 1 aliphatic rings. The normalized spacial score (nSPS) is 17.9. The third-order valence-corrected chi connectivity index (χ3v) is 3.47. The number of nitrogens with zero attached hydrogens (tertiary/aromatic N) is 1. The number of rotatable bonds is 5. The summed E-state index contributed by atoms with van der Waals surface area (Å²) in [6.45, 7) is 0.934. The summed E-state index contributed by atoms with van der Waals surface area (Å²) < 4.78 is 15.9. The van der Waals surface area contributed by atoms with Gasteiger partial charge in [-0.1, -0.05) is 6.07 Å². The van der Waals surface area contributed by atoms with E-state index in [4.69, 9.17) is 19.3 Å². The molecule has 0 radical (unpaired) electrons. The number of hydrogen-bond acceptors (Lipinski definition) is 5. The third-order valence-electron chi connectivity index (χ3n) is 3.47. The molecule has 7 nitrogen and oxygen atoms in total. The molecule has 0 aliphatic carbocycles. The van der Waals surface area contributed by atoms with Crippen molar-refractivity contribution in [1.82, 2.24) is 4.90 Å². The fourth-order valence-electron chi connectivity index (χ4n) is 2.44. The average Bonchev–Trinajstić information content (AvgIpc) is 2.52. The maximum absolute atomic E-state index is 12.8. The predicted molar refractivity (Wildman–Crippen MR) is 77.4 cm³/mol. The van der Waals surface area contributed by atoms with Crippen LogP contribution in [-0.2, 0) is 9.53 Å². The van der Waals surface area contributed by atoms with Gasteiger partial charge in [-0.3, -0.25) is 9.59 Å². The number of methoxy groups -OCH3 is 2. The van der Waals surface area contributed by atoms with Gasteiger partial charge in [-0.05, 0) is 12.1 Å². The molecule has 2 rings (SSSR count). The van der Waals surface area contributed by atoms with Crippen molar-refractivity contribution < 1.29 is 28.9 Å². The fraction of sp³-hybridized carbons (Fsp3) is 0.467. The molecule has 1 aromatic rings. The van der Waals surface area contributed by atoms with E-state index >= 15 is 0 Å². The van der Waals surface area contributed by atoms with Crippen LogP contribution in [0.1, 0.15) is 16.8 Å². The highest BCUT2D eigenvalue weighted by Gasteiger charge is 2.29. The number of carbonyl (C=O) groups excluding carboxylic acids is 1. The Morgan fingerprint density at radius 2 is 1.95 bits per heavy atom. The van der Waals surface area contributed by atoms with E-state index in [1.54, 1.807) is 23.1 Å². The van der Waals surface area contributed by atoms with E-state index in [2.05, 4.69) is 0 Å². The van der Waals surface area contributed by atoms with Gasteiger partial charge in [0.05, 0.1) is 33.4 Å². The standard InChI is InChI=1S/C15H19NO6/c1-20-11-4-3-5-12(21-2)14(11)15(19)16-6-7-22-10(9-16)8-13(17)18/h3-5,10H,6-9H2,1-2H3,(H,17,18). The largest absolute Gasteiger partial charge is 0.496 e. The Morgan fingerprint density at radius 3 is 2.50 bits per heavy atom. The van der Waals surface area contributed by atoms with Crippen LogP contribution in [0.2, 0.25) is 0 Å². The molecule has 0 bridgehead atoms. The first kappa shape index (κ1) is 16.1. The molecule has 0 spiro atoms. The van der Waals surface area contributed by atoms with E-state index in [0.717, 1.165) is 0 Å². The van der Waals surface area contributed by atoms with E-state index in [1.165, 1.54) is 14.2 Å². The van der Waals surface area contributed by atoms with Crippen molar-refractivity contribution in [3.63, 3.8) is 0 Å². The first-order valence-corrected chi connectivity index (χ1v) is 6.90. The minimum atomic E-state index is -0.950. The Balaban J connectivity index is 2.22. The van der Waals surface area contributed by atoms with Gasteiger partial charge in [0.25, 0.3) is 5.91 Å². The maximum Gasteiger partial charge on any atom is 0.306 e. The summed E-state index contributed by atoms with van der Waals surface area (Å²) in [5.74, 6) is -0.363. The number of amides is 1. The molecular formula is C15H19NO6. The number of benzene rings is 1. The lowest BCUT2D eigenvalue weighted by atomic mass is 10.1. The van der Waals surface area contributed by atoms with Crippen LogP contribution in [0.3, 0.4) is 0 Å². The summed E-state index contributed by atoms with van der Waals surface area (Å²) in [5, 5.41) is 8.85. The fourth-order valence-corrected chi connectivity index (χ4v) is 2.44. The van der Waals surface area contributed by atoms with Crippen LogP contribution in [0.5, 0.6) is 11.5 Å². The second kappa shape index (κ2) is 7.13. The molecule has 22 heavy (non-hydrogen) atoms. The molecule has 1 N–H and O–H groups in total. The van der Waals surface area contributed by atoms with Gasteiger partial charge in [0.15, 0.2) is 0 Å². The summed E-state index contributed by atoms with van der Waals surface area (Å²) in [5.41, 5.74) is 0.337. The molecule has 1 heterocycles. The summed E-state index contributed by atoms with van der Waals surface area (Å²) in [6, 6.07) is 5.11. The zero-order valence-electron chi connectivity index (χ0n) is 12.6. The van der Waals surface area contributed by atoms with Crippen LogP contribution in [-0.4, -0.2) is 61.9 Å². The molecule has 7 heteroatoms. The van der Waals surface area contributed by atoms with Gasteiger partial charge in [-0.2, -0.15) is 0 Å². The average molecular weight is 309 g/mol. The Hall–Kier alpha value is -2.28. The molecule has 1 aliphatic heterocycles. The Bertz CT molecular complexity index is 537. The molecular weight excluding hydrogens is 290 g/mol. The van der Waals surface area contributed by atoms with E-state index in [0.29, 0.717) is 30.2 Å². The van der Waals surface area contributed by atoms with E-state index in [9.17, 15) is 9.59 Å². The number of carbonyl (C=O) groups is 2. The summed E-state index contributed by atoms with van der Waals surface area (Å²) in [4.78, 5) is 25.1. The number of morpholine rings is 1. The molecule has 1 atom stereocenters. The first-order valence-electron chi connectivity index (χ1n) is 6.90. The van der Waals surface area contributed by atoms with Crippen molar-refractivity contribution in [3.8, 4) is 11.5 Å². The molecule has 0 aromatic heterocycles. The summed E-state index contributed by atoms with van der Waals surface area (Å²) in [6.07, 6.45) is -0.636. The quantitative estimate of drug-likeness (QED) is 0.874. The predicted octanol–water partition coefficient (Wildman–Crippen LogP) is 1.02. The minimum Gasteiger partial charge on any atom is -0.496 e. The van der Waals surface area contributed by atoms with Crippen molar-refractivity contribution in [3.05, 3.63) is 23.8 Å². The van der Waals surface area contributed by atoms with Crippen LogP contribution in [0.25, 0.3) is 0 Å². The smallest absolute Gasteiger partial charge is 0.306 e. The molecule has 1 unspecified atom stereocenters. The van der Waals surface area contributed by atoms with Crippen LogP contribution < -0.4 is 9.47 Å². The van der Waals surface area contributed by atoms with E-state index in [-0.39, 0.29) is 18.9 Å². The van der Waals surface area contributed by atoms with E-state index in [1.807, 2.05) is 0 Å². The highest BCUT2D eigenvalue weighted by molar-refractivity contribution is 5.99. The second-order valence-electron chi connectivity index (χ2n) is 4.88. The monoisotopic (exact) mass is 309 g/mol. The topological polar surface area (TPSA) is 85.3 Å². The Kier molecular flexibility index (Phi) is 5.21. The zero-order chi connectivity index (χ0) is 16.1. The lowest BCUT2D eigenvalue weighted by molar-refractivity contribution is -0.141. The van der Waals surface area contributed by atoms with Crippen molar-refractivity contribution in [2.45, 2.75) is 12.5 Å². The molecule has 1 saturated heterocycles. The van der Waals surface area contributed by atoms with Gasteiger partial charge < -0.3 is 24.2 Å². The number of carboxylic acids is 1. The van der Waals surface area contributed by atoms with Gasteiger partial charge in [0.1, 0.15) is 17.1 Å². The molecule has 1 aromatic carbocycles. The van der Waals surface area contributed by atoms with Crippen LogP contribution >= 0.6 is 0 Å². The van der Waals surface area contributed by atoms with Crippen LogP contribution in [0.15, 0.2) is 18.2 Å².